The van der Waals surface area contributed by atoms with Crippen LogP contribution in [0.3, 0.4) is 0 Å². The maximum Gasteiger partial charge on any atom is 0.256 e. The van der Waals surface area contributed by atoms with Crippen molar-refractivity contribution in [2.24, 2.45) is 0 Å². The zero-order chi connectivity index (χ0) is 15.6. The van der Waals surface area contributed by atoms with Gasteiger partial charge in [-0.25, -0.2) is 4.98 Å². The molecule has 0 saturated carbocycles. The highest BCUT2D eigenvalue weighted by Crippen LogP contribution is 2.35. The van der Waals surface area contributed by atoms with Crippen molar-refractivity contribution < 1.29 is 14.6 Å². The molecule has 3 heterocycles. The van der Waals surface area contributed by atoms with E-state index in [1.54, 1.807) is 12.3 Å². The summed E-state index contributed by atoms with van der Waals surface area (Å²) in [5.41, 5.74) is 0.225. The van der Waals surface area contributed by atoms with Gasteiger partial charge in [0, 0.05) is 25.9 Å². The SMILES string of the molecule is CSc1ncccc1C(=O)N1CCC2(CC1)OCCC[C@@H]2O. The fourth-order valence-electron chi connectivity index (χ4n) is 3.36. The number of rotatable bonds is 2. The molecule has 0 unspecified atom stereocenters. The van der Waals surface area contributed by atoms with E-state index in [2.05, 4.69) is 4.98 Å². The van der Waals surface area contributed by atoms with E-state index in [0.29, 0.717) is 38.1 Å². The Hall–Kier alpha value is -1.11. The summed E-state index contributed by atoms with van der Waals surface area (Å²) in [6.07, 6.45) is 6.35. The van der Waals surface area contributed by atoms with Crippen molar-refractivity contribution >= 4 is 17.7 Å². The molecule has 0 bridgehead atoms. The standard InChI is InChI=1S/C16H22N2O3S/c1-22-14-12(4-2-8-17-14)15(20)18-9-6-16(7-10-18)13(19)5-3-11-21-16/h2,4,8,13,19H,3,5-7,9-11H2,1H3/t13-/m0/s1. The van der Waals surface area contributed by atoms with Gasteiger partial charge in [-0.1, -0.05) is 0 Å². The number of hydrogen-bond acceptors (Lipinski definition) is 5. The Balaban J connectivity index is 1.69. The summed E-state index contributed by atoms with van der Waals surface area (Å²) in [6.45, 7) is 1.96. The molecule has 5 nitrogen and oxygen atoms in total. The topological polar surface area (TPSA) is 62.7 Å². The lowest BCUT2D eigenvalue weighted by atomic mass is 9.82. The van der Waals surface area contributed by atoms with Gasteiger partial charge in [0.1, 0.15) is 5.03 Å². The number of carbonyl (C=O) groups excluding carboxylic acids is 1. The third-order valence-corrected chi connectivity index (χ3v) is 5.42. The number of hydrogen-bond donors (Lipinski definition) is 1. The number of carbonyl (C=O) groups is 1. The summed E-state index contributed by atoms with van der Waals surface area (Å²) in [7, 11) is 0. The van der Waals surface area contributed by atoms with Crippen LogP contribution < -0.4 is 0 Å². The molecular weight excluding hydrogens is 300 g/mol. The lowest BCUT2D eigenvalue weighted by Gasteiger charge is -2.46. The summed E-state index contributed by atoms with van der Waals surface area (Å²) in [4.78, 5) is 18.8. The Bertz CT molecular complexity index is 544. The van der Waals surface area contributed by atoms with E-state index < -0.39 is 11.7 Å². The smallest absolute Gasteiger partial charge is 0.256 e. The van der Waals surface area contributed by atoms with Crippen LogP contribution in [0.2, 0.25) is 0 Å². The molecular formula is C16H22N2O3S. The molecule has 2 aliphatic rings. The summed E-state index contributed by atoms with van der Waals surface area (Å²) in [5, 5.41) is 11.0. The van der Waals surface area contributed by atoms with Crippen molar-refractivity contribution in [3.8, 4) is 0 Å². The number of piperidine rings is 1. The van der Waals surface area contributed by atoms with Crippen LogP contribution in [0.1, 0.15) is 36.0 Å². The molecule has 1 aromatic heterocycles. The van der Waals surface area contributed by atoms with E-state index in [9.17, 15) is 9.90 Å². The van der Waals surface area contributed by atoms with Crippen LogP contribution >= 0.6 is 11.8 Å². The summed E-state index contributed by atoms with van der Waals surface area (Å²) in [6, 6.07) is 3.63. The quantitative estimate of drug-likeness (QED) is 0.843. The number of ether oxygens (including phenoxy) is 1. The van der Waals surface area contributed by atoms with Gasteiger partial charge in [-0.05, 0) is 44.1 Å². The van der Waals surface area contributed by atoms with Crippen molar-refractivity contribution in [2.75, 3.05) is 26.0 Å². The number of nitrogens with zero attached hydrogens (tertiary/aromatic N) is 2. The molecule has 2 fully saturated rings. The Morgan fingerprint density at radius 2 is 2.27 bits per heavy atom. The van der Waals surface area contributed by atoms with E-state index in [4.69, 9.17) is 4.74 Å². The minimum absolute atomic E-state index is 0.0256. The monoisotopic (exact) mass is 322 g/mol. The molecule has 1 amide bonds. The number of amides is 1. The first-order valence-electron chi connectivity index (χ1n) is 7.76. The third-order valence-electron chi connectivity index (χ3n) is 4.71. The van der Waals surface area contributed by atoms with Crippen LogP contribution in [-0.2, 0) is 4.74 Å². The van der Waals surface area contributed by atoms with E-state index in [1.165, 1.54) is 11.8 Å². The largest absolute Gasteiger partial charge is 0.390 e. The number of thioether (sulfide) groups is 1. The van der Waals surface area contributed by atoms with Crippen molar-refractivity contribution in [1.82, 2.24) is 9.88 Å². The van der Waals surface area contributed by atoms with Gasteiger partial charge in [0.15, 0.2) is 0 Å². The predicted octanol–water partition coefficient (Wildman–Crippen LogP) is 1.95. The van der Waals surface area contributed by atoms with Crippen molar-refractivity contribution in [2.45, 2.75) is 42.4 Å². The van der Waals surface area contributed by atoms with Crippen LogP contribution in [0.4, 0.5) is 0 Å². The maximum absolute atomic E-state index is 12.7. The number of aliphatic hydroxyl groups is 1. The second-order valence-corrected chi connectivity index (χ2v) is 6.72. The second-order valence-electron chi connectivity index (χ2n) is 5.92. The number of aliphatic hydroxyl groups excluding tert-OH is 1. The van der Waals surface area contributed by atoms with E-state index >= 15 is 0 Å². The van der Waals surface area contributed by atoms with Crippen LogP contribution in [0.25, 0.3) is 0 Å². The molecule has 6 heteroatoms. The highest BCUT2D eigenvalue weighted by molar-refractivity contribution is 7.98. The fraction of sp³-hybridized carbons (Fsp3) is 0.625. The zero-order valence-corrected chi connectivity index (χ0v) is 13.6. The Morgan fingerprint density at radius 3 is 2.95 bits per heavy atom. The highest BCUT2D eigenvalue weighted by atomic mass is 32.2. The molecule has 0 radical (unpaired) electrons. The molecule has 1 atom stereocenters. The molecule has 1 aromatic rings. The van der Waals surface area contributed by atoms with Gasteiger partial charge in [-0.3, -0.25) is 4.79 Å². The number of aromatic nitrogens is 1. The van der Waals surface area contributed by atoms with Crippen molar-refractivity contribution in [3.63, 3.8) is 0 Å². The minimum Gasteiger partial charge on any atom is -0.390 e. The highest BCUT2D eigenvalue weighted by Gasteiger charge is 2.44. The molecule has 120 valence electrons. The third kappa shape index (κ3) is 2.87. The average molecular weight is 322 g/mol. The first kappa shape index (κ1) is 15.8. The molecule has 3 rings (SSSR count). The van der Waals surface area contributed by atoms with Crippen LogP contribution in [-0.4, -0.2) is 58.6 Å². The predicted molar refractivity (Wildman–Crippen MR) is 85.1 cm³/mol. The molecule has 0 aliphatic carbocycles. The minimum atomic E-state index is -0.438. The maximum atomic E-state index is 12.7. The van der Waals surface area contributed by atoms with E-state index in [1.807, 2.05) is 17.2 Å². The first-order chi connectivity index (χ1) is 10.7. The zero-order valence-electron chi connectivity index (χ0n) is 12.8. The van der Waals surface area contributed by atoms with Gasteiger partial charge >= 0.3 is 0 Å². The summed E-state index contributed by atoms with van der Waals surface area (Å²) in [5.74, 6) is 0.0256. The molecule has 1 N–H and O–H groups in total. The normalized spacial score (nSPS) is 24.5. The fourth-order valence-corrected chi connectivity index (χ4v) is 3.91. The Labute approximate surface area is 135 Å². The van der Waals surface area contributed by atoms with Gasteiger partial charge in [-0.2, -0.15) is 0 Å². The first-order valence-corrected chi connectivity index (χ1v) is 8.99. The molecule has 2 aliphatic heterocycles. The molecule has 0 aromatic carbocycles. The number of pyridine rings is 1. The van der Waals surface area contributed by atoms with Crippen LogP contribution in [0, 0.1) is 0 Å². The van der Waals surface area contributed by atoms with E-state index in [-0.39, 0.29) is 5.91 Å². The van der Waals surface area contributed by atoms with Gasteiger partial charge in [0.05, 0.1) is 17.3 Å². The van der Waals surface area contributed by atoms with Crippen LogP contribution in [0.5, 0.6) is 0 Å². The van der Waals surface area contributed by atoms with Gasteiger partial charge in [0.25, 0.3) is 5.91 Å². The van der Waals surface area contributed by atoms with E-state index in [0.717, 1.165) is 17.9 Å². The molecule has 2 saturated heterocycles. The number of likely N-dealkylation sites (tertiary alicyclic amines) is 1. The summed E-state index contributed by atoms with van der Waals surface area (Å²) < 4.78 is 5.89. The lowest BCUT2D eigenvalue weighted by Crippen LogP contribution is -2.56. The Kier molecular flexibility index (Phi) is 4.70. The van der Waals surface area contributed by atoms with Gasteiger partial charge < -0.3 is 14.7 Å². The lowest BCUT2D eigenvalue weighted by molar-refractivity contribution is -0.174. The van der Waals surface area contributed by atoms with Crippen LogP contribution in [0.15, 0.2) is 23.4 Å². The van der Waals surface area contributed by atoms with Crippen molar-refractivity contribution in [1.29, 1.82) is 0 Å². The Morgan fingerprint density at radius 1 is 1.50 bits per heavy atom. The van der Waals surface area contributed by atoms with Gasteiger partial charge in [0.2, 0.25) is 0 Å². The average Bonchev–Trinajstić information content (AvgIpc) is 2.58. The van der Waals surface area contributed by atoms with Crippen molar-refractivity contribution in [3.05, 3.63) is 23.9 Å². The second kappa shape index (κ2) is 6.56. The van der Waals surface area contributed by atoms with Gasteiger partial charge in [-0.15, -0.1) is 11.8 Å². The molecule has 22 heavy (non-hydrogen) atoms. The molecule has 1 spiro atoms. The summed E-state index contributed by atoms with van der Waals surface area (Å²) >= 11 is 1.49.